The van der Waals surface area contributed by atoms with Gasteiger partial charge in [0, 0.05) is 0 Å². The molecule has 0 saturated carbocycles. The lowest BCUT2D eigenvalue weighted by molar-refractivity contribution is 0.886. The van der Waals surface area contributed by atoms with Crippen molar-refractivity contribution in [3.63, 3.8) is 0 Å². The molecule has 3 rings (SSSR count). The summed E-state index contributed by atoms with van der Waals surface area (Å²) in [5.74, 6) is 0. The number of hydrogen-bond donors (Lipinski definition) is 0. The maximum atomic E-state index is 2.26. The van der Waals surface area contributed by atoms with Gasteiger partial charge >= 0.3 is 0 Å². The van der Waals surface area contributed by atoms with Crippen LogP contribution in [0.4, 0.5) is 0 Å². The molecular weight excluding hydrogens is 231 g/mol. The fraction of sp³-hybridized carbons (Fsp3) is 0.294. The summed E-state index contributed by atoms with van der Waals surface area (Å²) < 4.78 is 1.55. The SMILES string of the molecule is CCCC.[AlH2][c]1cccc2c1Cc1ccccc1-2. The number of fused-ring (bicyclic) bond motifs is 3. The third kappa shape index (κ3) is 2.69. The van der Waals surface area contributed by atoms with Crippen LogP contribution in [0.3, 0.4) is 0 Å². The van der Waals surface area contributed by atoms with Gasteiger partial charge in [-0.15, -0.1) is 4.43 Å². The van der Waals surface area contributed by atoms with Crippen LogP contribution in [0.2, 0.25) is 0 Å². The minimum absolute atomic E-state index is 1.14. The molecule has 92 valence electrons. The molecule has 0 bridgehead atoms. The molecule has 18 heavy (non-hydrogen) atoms. The minimum atomic E-state index is 1.14. The highest BCUT2D eigenvalue weighted by Gasteiger charge is 2.17. The van der Waals surface area contributed by atoms with Crippen molar-refractivity contribution in [3.05, 3.63) is 53.6 Å². The average molecular weight is 252 g/mol. The molecule has 0 nitrogen and oxygen atoms in total. The minimum Gasteiger partial charge on any atom is -0.117 e. The van der Waals surface area contributed by atoms with Gasteiger partial charge in [0.2, 0.25) is 0 Å². The van der Waals surface area contributed by atoms with E-state index in [1.807, 2.05) is 0 Å². The zero-order valence-corrected chi connectivity index (χ0v) is 13.7. The first-order valence-corrected chi connectivity index (χ1v) is 7.94. The third-order valence-electron chi connectivity index (χ3n) is 3.59. The van der Waals surface area contributed by atoms with E-state index in [0.29, 0.717) is 0 Å². The highest BCUT2D eigenvalue weighted by atomic mass is 27.0. The first kappa shape index (κ1) is 13.4. The summed E-state index contributed by atoms with van der Waals surface area (Å²) in [5, 5.41) is 0. The third-order valence-corrected chi connectivity index (χ3v) is 4.52. The summed E-state index contributed by atoms with van der Waals surface area (Å²) in [6, 6.07) is 15.5. The van der Waals surface area contributed by atoms with E-state index in [9.17, 15) is 0 Å². The molecule has 0 atom stereocenters. The van der Waals surface area contributed by atoms with E-state index < -0.39 is 0 Å². The van der Waals surface area contributed by atoms with Crippen LogP contribution in [0, 0.1) is 0 Å². The van der Waals surface area contributed by atoms with Crippen LogP contribution in [0.15, 0.2) is 42.5 Å². The Hall–Kier alpha value is -1.03. The summed E-state index contributed by atoms with van der Waals surface area (Å²) in [7, 11) is 0. The lowest BCUT2D eigenvalue weighted by Gasteiger charge is -2.02. The van der Waals surface area contributed by atoms with Crippen molar-refractivity contribution < 1.29 is 0 Å². The number of unbranched alkanes of at least 4 members (excludes halogenated alkanes) is 1. The van der Waals surface area contributed by atoms with Crippen LogP contribution in [0.25, 0.3) is 11.1 Å². The molecule has 2 aromatic rings. The predicted octanol–water partition coefficient (Wildman–Crippen LogP) is 3.32. The molecule has 0 fully saturated rings. The van der Waals surface area contributed by atoms with E-state index >= 15 is 0 Å². The standard InChI is InChI=1S/C13H9.C4H10.Al.2H/c1-3-7-12-10(5-1)9-11-6-2-4-8-13(11)12;1-3-4-2;;;/h1-5,7-8H,9H2;3-4H2,1-2H3;;;. The zero-order valence-electron chi connectivity index (χ0n) is 11.7. The maximum Gasteiger partial charge on any atom is 0.259 e. The largest absolute Gasteiger partial charge is 0.259 e. The van der Waals surface area contributed by atoms with Gasteiger partial charge in [-0.05, 0) is 28.7 Å². The van der Waals surface area contributed by atoms with Gasteiger partial charge in [0.05, 0.1) is 0 Å². The van der Waals surface area contributed by atoms with Gasteiger partial charge in [0.15, 0.2) is 0 Å². The van der Waals surface area contributed by atoms with Gasteiger partial charge in [-0.2, -0.15) is 0 Å². The molecule has 0 unspecified atom stereocenters. The van der Waals surface area contributed by atoms with Gasteiger partial charge < -0.3 is 0 Å². The van der Waals surface area contributed by atoms with Gasteiger partial charge in [-0.25, -0.2) is 0 Å². The van der Waals surface area contributed by atoms with Crippen molar-refractivity contribution in [1.82, 2.24) is 0 Å². The summed E-state index contributed by atoms with van der Waals surface area (Å²) in [5.41, 5.74) is 5.97. The van der Waals surface area contributed by atoms with Crippen LogP contribution in [0.5, 0.6) is 0 Å². The number of hydrogen-bond acceptors (Lipinski definition) is 0. The number of benzene rings is 2. The molecule has 0 saturated heterocycles. The second kappa shape index (κ2) is 6.23. The van der Waals surface area contributed by atoms with Crippen molar-refractivity contribution in [2.75, 3.05) is 0 Å². The molecule has 0 spiro atoms. The average Bonchev–Trinajstić information content (AvgIpc) is 2.80. The van der Waals surface area contributed by atoms with E-state index in [4.69, 9.17) is 0 Å². The molecule has 2 aromatic carbocycles. The fourth-order valence-corrected chi connectivity index (χ4v) is 2.96. The van der Waals surface area contributed by atoms with Crippen LogP contribution in [-0.2, 0) is 6.42 Å². The predicted molar refractivity (Wildman–Crippen MR) is 83.4 cm³/mol. The van der Waals surface area contributed by atoms with Crippen molar-refractivity contribution in [2.24, 2.45) is 0 Å². The van der Waals surface area contributed by atoms with Gasteiger partial charge in [0.1, 0.15) is 0 Å². The lowest BCUT2D eigenvalue weighted by atomic mass is 10.1. The molecule has 0 aliphatic heterocycles. The molecule has 0 N–H and O–H groups in total. The zero-order chi connectivity index (χ0) is 13.0. The highest BCUT2D eigenvalue weighted by molar-refractivity contribution is 6.34. The quantitative estimate of drug-likeness (QED) is 0.583. The van der Waals surface area contributed by atoms with E-state index in [-0.39, 0.29) is 0 Å². The van der Waals surface area contributed by atoms with Gasteiger partial charge in [0.25, 0.3) is 16.3 Å². The first-order chi connectivity index (χ1) is 8.77. The van der Waals surface area contributed by atoms with Gasteiger partial charge in [-0.1, -0.05) is 69.2 Å². The molecule has 0 amide bonds. The molecule has 0 aromatic heterocycles. The topological polar surface area (TPSA) is 0 Å². The van der Waals surface area contributed by atoms with Crippen LogP contribution in [0.1, 0.15) is 37.8 Å². The maximum absolute atomic E-state index is 2.26. The monoisotopic (exact) mass is 252 g/mol. The Morgan fingerprint density at radius 2 is 1.56 bits per heavy atom. The normalized spacial score (nSPS) is 11.2. The Morgan fingerprint density at radius 1 is 0.889 bits per heavy atom. The summed E-state index contributed by atoms with van der Waals surface area (Å²) in [4.78, 5) is 0. The highest BCUT2D eigenvalue weighted by Crippen LogP contribution is 2.34. The smallest absolute Gasteiger partial charge is 0.117 e. The Balaban J connectivity index is 0.000000267. The van der Waals surface area contributed by atoms with E-state index in [0.717, 1.165) is 22.7 Å². The Kier molecular flexibility index (Phi) is 4.64. The summed E-state index contributed by atoms with van der Waals surface area (Å²) >= 11 is 1.16. The first-order valence-electron chi connectivity index (χ1n) is 6.94. The van der Waals surface area contributed by atoms with E-state index in [1.54, 1.807) is 9.99 Å². The summed E-state index contributed by atoms with van der Waals surface area (Å²) in [6.45, 7) is 4.36. The van der Waals surface area contributed by atoms with E-state index in [1.165, 1.54) is 29.5 Å². The molecule has 1 aliphatic carbocycles. The molecule has 0 heterocycles. The fourth-order valence-electron chi connectivity index (χ4n) is 2.32. The Labute approximate surface area is 118 Å². The van der Waals surface area contributed by atoms with Crippen molar-refractivity contribution in [2.45, 2.75) is 33.1 Å². The van der Waals surface area contributed by atoms with Crippen LogP contribution < -0.4 is 4.43 Å². The lowest BCUT2D eigenvalue weighted by Crippen LogP contribution is -2.08. The van der Waals surface area contributed by atoms with Crippen LogP contribution in [-0.4, -0.2) is 16.3 Å². The second-order valence-corrected chi connectivity index (χ2v) is 6.01. The van der Waals surface area contributed by atoms with Gasteiger partial charge in [-0.3, -0.25) is 0 Å². The number of rotatable bonds is 1. The summed E-state index contributed by atoms with van der Waals surface area (Å²) in [6.07, 6.45) is 3.78. The Morgan fingerprint density at radius 3 is 2.28 bits per heavy atom. The van der Waals surface area contributed by atoms with Crippen molar-refractivity contribution in [3.8, 4) is 11.1 Å². The molecular formula is C17H21Al. The van der Waals surface area contributed by atoms with E-state index in [2.05, 4.69) is 56.3 Å². The second-order valence-electron chi connectivity index (χ2n) is 4.93. The van der Waals surface area contributed by atoms with Crippen molar-refractivity contribution in [1.29, 1.82) is 0 Å². The molecule has 1 aliphatic rings. The van der Waals surface area contributed by atoms with Crippen LogP contribution >= 0.6 is 0 Å². The molecule has 0 radical (unpaired) electrons. The Bertz CT molecular complexity index is 527. The van der Waals surface area contributed by atoms with Crippen molar-refractivity contribution >= 4 is 20.7 Å². The molecule has 1 heteroatoms.